The number of hydrogen-bond acceptors (Lipinski definition) is 3. The lowest BCUT2D eigenvalue weighted by molar-refractivity contribution is 0.0978. The molecule has 14 heavy (non-hydrogen) atoms. The Hall–Kier alpha value is -0.900. The molecule has 1 aromatic rings. The maximum atomic E-state index is 4.09. The van der Waals surface area contributed by atoms with E-state index >= 15 is 0 Å². The summed E-state index contributed by atoms with van der Waals surface area (Å²) in [5.41, 5.74) is 0. The maximum absolute atomic E-state index is 4.09. The zero-order chi connectivity index (χ0) is 9.80. The van der Waals surface area contributed by atoms with Gasteiger partial charge in [-0.2, -0.15) is 0 Å². The first-order valence-electron chi connectivity index (χ1n) is 5.51. The fraction of sp³-hybridized carbons (Fsp3) is 0.800. The smallest absolute Gasteiger partial charge is 0.105 e. The molecule has 2 rings (SSSR count). The molecule has 1 fully saturated rings. The van der Waals surface area contributed by atoms with Crippen LogP contribution in [0.1, 0.15) is 38.8 Å². The molecule has 4 nitrogen and oxygen atoms in total. The monoisotopic (exact) mass is 194 g/mol. The van der Waals surface area contributed by atoms with Gasteiger partial charge in [-0.15, -0.1) is 5.10 Å². The largest absolute Gasteiger partial charge is 0.282 e. The Morgan fingerprint density at radius 1 is 1.29 bits per heavy atom. The van der Waals surface area contributed by atoms with Crippen molar-refractivity contribution in [1.29, 1.82) is 0 Å². The third-order valence-electron chi connectivity index (χ3n) is 2.92. The molecule has 0 aliphatic carbocycles. The van der Waals surface area contributed by atoms with Crippen LogP contribution in [0.15, 0.2) is 12.4 Å². The van der Waals surface area contributed by atoms with Crippen molar-refractivity contribution >= 4 is 0 Å². The van der Waals surface area contributed by atoms with Crippen molar-refractivity contribution in [3.05, 3.63) is 12.4 Å². The molecule has 0 amide bonds. The van der Waals surface area contributed by atoms with Crippen molar-refractivity contribution in [2.24, 2.45) is 0 Å². The molecule has 0 spiro atoms. The van der Waals surface area contributed by atoms with Gasteiger partial charge in [0.05, 0.1) is 6.20 Å². The van der Waals surface area contributed by atoms with E-state index in [1.807, 2.05) is 10.9 Å². The highest BCUT2D eigenvalue weighted by atomic mass is 15.5. The second-order valence-corrected chi connectivity index (χ2v) is 3.87. The van der Waals surface area contributed by atoms with Gasteiger partial charge in [-0.05, 0) is 19.3 Å². The molecule has 0 bridgehead atoms. The number of hydrogen-bond donors (Lipinski definition) is 0. The Kier molecular flexibility index (Phi) is 3.14. The summed E-state index contributed by atoms with van der Waals surface area (Å²) in [5.74, 6) is 0. The fourth-order valence-electron chi connectivity index (χ4n) is 2.21. The molecular weight excluding hydrogens is 176 g/mol. The van der Waals surface area contributed by atoms with Gasteiger partial charge in [0.2, 0.25) is 0 Å². The zero-order valence-corrected chi connectivity index (χ0v) is 8.76. The first-order chi connectivity index (χ1) is 6.92. The average Bonchev–Trinajstić information content (AvgIpc) is 2.74. The summed E-state index contributed by atoms with van der Waals surface area (Å²) in [6.45, 7) is 4.62. The topological polar surface area (TPSA) is 34.0 Å². The molecule has 78 valence electrons. The van der Waals surface area contributed by atoms with Crippen molar-refractivity contribution < 1.29 is 0 Å². The summed E-state index contributed by atoms with van der Waals surface area (Å²) in [6.07, 6.45) is 9.26. The highest BCUT2D eigenvalue weighted by Gasteiger charge is 2.20. The summed E-state index contributed by atoms with van der Waals surface area (Å²) in [6, 6.07) is 0. The van der Waals surface area contributed by atoms with Gasteiger partial charge in [-0.3, -0.25) is 4.90 Å². The quantitative estimate of drug-likeness (QED) is 0.734. The van der Waals surface area contributed by atoms with E-state index in [1.54, 1.807) is 6.20 Å². The Bertz CT molecular complexity index is 251. The van der Waals surface area contributed by atoms with E-state index < -0.39 is 0 Å². The Morgan fingerprint density at radius 3 is 2.64 bits per heavy atom. The van der Waals surface area contributed by atoms with Crippen molar-refractivity contribution in [2.75, 3.05) is 13.1 Å². The average molecular weight is 194 g/mol. The molecule has 1 unspecified atom stereocenters. The number of piperidine rings is 1. The van der Waals surface area contributed by atoms with Gasteiger partial charge in [0.1, 0.15) is 6.17 Å². The first-order valence-corrected chi connectivity index (χ1v) is 5.51. The number of likely N-dealkylation sites (tertiary alicyclic amines) is 1. The van der Waals surface area contributed by atoms with E-state index in [0.29, 0.717) is 6.17 Å². The molecule has 0 saturated carbocycles. The van der Waals surface area contributed by atoms with Crippen LogP contribution in [0.3, 0.4) is 0 Å². The second kappa shape index (κ2) is 4.55. The summed E-state index contributed by atoms with van der Waals surface area (Å²) >= 11 is 0. The molecule has 0 aromatic carbocycles. The van der Waals surface area contributed by atoms with Gasteiger partial charge in [0.25, 0.3) is 0 Å². The van der Waals surface area contributed by atoms with Gasteiger partial charge in [-0.25, -0.2) is 4.68 Å². The van der Waals surface area contributed by atoms with Crippen LogP contribution in [-0.4, -0.2) is 33.0 Å². The van der Waals surface area contributed by atoms with Crippen LogP contribution in [0, 0.1) is 0 Å². The van der Waals surface area contributed by atoms with E-state index in [1.165, 1.54) is 32.4 Å². The van der Waals surface area contributed by atoms with Crippen LogP contribution in [0.25, 0.3) is 0 Å². The van der Waals surface area contributed by atoms with Crippen LogP contribution in [-0.2, 0) is 0 Å². The Labute approximate surface area is 84.9 Å². The van der Waals surface area contributed by atoms with Crippen LogP contribution in [0.5, 0.6) is 0 Å². The fourth-order valence-corrected chi connectivity index (χ4v) is 2.21. The predicted octanol–water partition coefficient (Wildman–Crippen LogP) is 1.67. The van der Waals surface area contributed by atoms with E-state index in [9.17, 15) is 0 Å². The molecular formula is C10H18N4. The number of aromatic nitrogens is 3. The molecule has 1 aliphatic rings. The summed E-state index contributed by atoms with van der Waals surface area (Å²) in [4.78, 5) is 2.51. The van der Waals surface area contributed by atoms with E-state index in [-0.39, 0.29) is 0 Å². The first kappa shape index (κ1) is 9.65. The minimum absolute atomic E-state index is 0.415. The normalized spacial score (nSPS) is 20.9. The standard InChI is InChI=1S/C10H18N4/c1-2-10(14-9-6-11-12-14)13-7-4-3-5-8-13/h6,9-10H,2-5,7-8H2,1H3. The predicted molar refractivity (Wildman–Crippen MR) is 54.8 cm³/mol. The third kappa shape index (κ3) is 1.95. The van der Waals surface area contributed by atoms with Gasteiger partial charge in [0.15, 0.2) is 0 Å². The lowest BCUT2D eigenvalue weighted by Gasteiger charge is -2.33. The van der Waals surface area contributed by atoms with Crippen molar-refractivity contribution in [1.82, 2.24) is 19.9 Å². The molecule has 1 aliphatic heterocycles. The summed E-state index contributed by atoms with van der Waals surface area (Å²) in [7, 11) is 0. The van der Waals surface area contributed by atoms with E-state index in [0.717, 1.165) is 6.42 Å². The Morgan fingerprint density at radius 2 is 2.07 bits per heavy atom. The SMILES string of the molecule is CCC(N1CCCCC1)n1ccnn1. The Balaban J connectivity index is 2.04. The zero-order valence-electron chi connectivity index (χ0n) is 8.76. The third-order valence-corrected chi connectivity index (χ3v) is 2.92. The summed E-state index contributed by atoms with van der Waals surface area (Å²) in [5, 5.41) is 7.96. The molecule has 1 saturated heterocycles. The lowest BCUT2D eigenvalue weighted by Crippen LogP contribution is -2.36. The molecule has 4 heteroatoms. The molecule has 1 atom stereocenters. The molecule has 2 heterocycles. The van der Waals surface area contributed by atoms with E-state index in [4.69, 9.17) is 0 Å². The van der Waals surface area contributed by atoms with Crippen LogP contribution in [0.4, 0.5) is 0 Å². The minimum atomic E-state index is 0.415. The van der Waals surface area contributed by atoms with Crippen molar-refractivity contribution in [3.8, 4) is 0 Å². The summed E-state index contributed by atoms with van der Waals surface area (Å²) < 4.78 is 1.98. The van der Waals surface area contributed by atoms with Crippen molar-refractivity contribution in [2.45, 2.75) is 38.8 Å². The highest BCUT2D eigenvalue weighted by molar-refractivity contribution is 4.75. The van der Waals surface area contributed by atoms with Crippen LogP contribution < -0.4 is 0 Å². The van der Waals surface area contributed by atoms with Crippen LogP contribution in [0.2, 0.25) is 0 Å². The molecule has 1 aromatic heterocycles. The maximum Gasteiger partial charge on any atom is 0.105 e. The van der Waals surface area contributed by atoms with E-state index in [2.05, 4.69) is 22.1 Å². The lowest BCUT2D eigenvalue weighted by atomic mass is 10.1. The van der Waals surface area contributed by atoms with Gasteiger partial charge >= 0.3 is 0 Å². The van der Waals surface area contributed by atoms with Gasteiger partial charge < -0.3 is 0 Å². The van der Waals surface area contributed by atoms with Gasteiger partial charge in [0, 0.05) is 19.3 Å². The molecule has 0 N–H and O–H groups in total. The number of rotatable bonds is 3. The second-order valence-electron chi connectivity index (χ2n) is 3.87. The number of nitrogens with zero attached hydrogens (tertiary/aromatic N) is 4. The minimum Gasteiger partial charge on any atom is -0.282 e. The van der Waals surface area contributed by atoms with Crippen LogP contribution >= 0.6 is 0 Å². The van der Waals surface area contributed by atoms with Gasteiger partial charge in [-0.1, -0.05) is 18.6 Å². The highest BCUT2D eigenvalue weighted by Crippen LogP contribution is 2.20. The van der Waals surface area contributed by atoms with Crippen molar-refractivity contribution in [3.63, 3.8) is 0 Å². The molecule has 0 radical (unpaired) electrons.